The molecule has 3 aromatic rings. The molecule has 2 aromatic carbocycles. The van der Waals surface area contributed by atoms with Gasteiger partial charge in [-0.3, -0.25) is 4.79 Å². The first kappa shape index (κ1) is 31.8. The fraction of sp³-hybridized carbons (Fsp3) is 0.467. The monoisotopic (exact) mass is 601 g/mol. The fourth-order valence-electron chi connectivity index (χ4n) is 4.57. The predicted molar refractivity (Wildman–Crippen MR) is 158 cm³/mol. The molecular weight excluding hydrogens is 563 g/mol. The van der Waals surface area contributed by atoms with Gasteiger partial charge >= 0.3 is 12.2 Å². The Labute approximate surface area is 249 Å². The van der Waals surface area contributed by atoms with Crippen LogP contribution in [0.3, 0.4) is 0 Å². The van der Waals surface area contributed by atoms with Gasteiger partial charge in [0.15, 0.2) is 6.61 Å². The number of hydrogen-bond donors (Lipinski definition) is 3. The van der Waals surface area contributed by atoms with Gasteiger partial charge in [0.2, 0.25) is 11.9 Å². The summed E-state index contributed by atoms with van der Waals surface area (Å²) in [5.41, 5.74) is 1.72. The van der Waals surface area contributed by atoms with Gasteiger partial charge in [-0.25, -0.2) is 0 Å². The molecule has 10 nitrogen and oxygen atoms in total. The van der Waals surface area contributed by atoms with Crippen LogP contribution in [-0.2, 0) is 6.54 Å². The third kappa shape index (κ3) is 10.6. The maximum atomic E-state index is 12.9. The van der Waals surface area contributed by atoms with E-state index >= 15 is 0 Å². The van der Waals surface area contributed by atoms with Gasteiger partial charge in [0.25, 0.3) is 5.91 Å². The van der Waals surface area contributed by atoms with Gasteiger partial charge in [-0.05, 0) is 66.8 Å². The number of anilines is 3. The Morgan fingerprint density at radius 2 is 1.72 bits per heavy atom. The lowest BCUT2D eigenvalue weighted by Crippen LogP contribution is -2.43. The van der Waals surface area contributed by atoms with E-state index in [-0.39, 0.29) is 23.2 Å². The normalized spacial score (nSPS) is 16.7. The molecule has 232 valence electrons. The number of hydrogen-bond acceptors (Lipinski definition) is 9. The van der Waals surface area contributed by atoms with Crippen molar-refractivity contribution < 1.29 is 27.4 Å². The third-order valence-electron chi connectivity index (χ3n) is 6.56. The number of ether oxygens (including phenoxy) is 2. The molecule has 13 heteroatoms. The molecule has 0 aliphatic carbocycles. The fourth-order valence-corrected chi connectivity index (χ4v) is 4.57. The van der Waals surface area contributed by atoms with Gasteiger partial charge in [0, 0.05) is 37.4 Å². The minimum atomic E-state index is -4.56. The molecule has 0 radical (unpaired) electrons. The Morgan fingerprint density at radius 1 is 1.00 bits per heavy atom. The van der Waals surface area contributed by atoms with Crippen LogP contribution in [0, 0.1) is 5.41 Å². The molecule has 1 aromatic heterocycles. The number of nitrogens with zero attached hydrogens (tertiary/aromatic N) is 4. The highest BCUT2D eigenvalue weighted by Gasteiger charge is 2.29. The van der Waals surface area contributed by atoms with Gasteiger partial charge in [-0.1, -0.05) is 32.9 Å². The van der Waals surface area contributed by atoms with Crippen molar-refractivity contribution in [1.29, 1.82) is 0 Å². The van der Waals surface area contributed by atoms with E-state index in [9.17, 15) is 18.0 Å². The van der Waals surface area contributed by atoms with Crippen LogP contribution in [0.25, 0.3) is 0 Å². The highest BCUT2D eigenvalue weighted by molar-refractivity contribution is 5.94. The molecule has 0 spiro atoms. The summed E-state index contributed by atoms with van der Waals surface area (Å²) in [6, 6.07) is 13.7. The SMILES string of the molecule is CCCN1CCCOc2ccc(cc2)CNc2nc(nc(OCC(F)(F)F)n2)Nc2ccc(cc2)C(=O)NCC(C)(C)C1. The molecular formula is C30H38F3N7O3. The Kier molecular flexibility index (Phi) is 10.6. The summed E-state index contributed by atoms with van der Waals surface area (Å²) in [4.78, 5) is 27.6. The zero-order valence-corrected chi connectivity index (χ0v) is 24.6. The minimum absolute atomic E-state index is 0.0246. The number of carbonyl (C=O) groups excluding carboxylic acids is 1. The second kappa shape index (κ2) is 14.4. The van der Waals surface area contributed by atoms with Crippen LogP contribution < -0.4 is 25.4 Å². The summed E-state index contributed by atoms with van der Waals surface area (Å²) >= 11 is 0. The third-order valence-corrected chi connectivity index (χ3v) is 6.56. The number of amides is 1. The van der Waals surface area contributed by atoms with Crippen molar-refractivity contribution in [2.75, 3.05) is 50.0 Å². The van der Waals surface area contributed by atoms with Crippen LogP contribution in [0.4, 0.5) is 30.8 Å². The van der Waals surface area contributed by atoms with E-state index in [4.69, 9.17) is 9.47 Å². The highest BCUT2D eigenvalue weighted by Crippen LogP contribution is 2.22. The van der Waals surface area contributed by atoms with Crippen molar-refractivity contribution in [1.82, 2.24) is 25.2 Å². The van der Waals surface area contributed by atoms with Gasteiger partial charge in [0.1, 0.15) is 5.75 Å². The van der Waals surface area contributed by atoms with Gasteiger partial charge in [-0.15, -0.1) is 0 Å². The molecule has 0 fully saturated rings. The molecule has 5 heterocycles. The van der Waals surface area contributed by atoms with Crippen molar-refractivity contribution in [3.05, 3.63) is 59.7 Å². The Balaban J connectivity index is 1.57. The van der Waals surface area contributed by atoms with Crippen molar-refractivity contribution >= 4 is 23.5 Å². The molecule has 0 saturated heterocycles. The van der Waals surface area contributed by atoms with Crippen molar-refractivity contribution in [2.24, 2.45) is 5.41 Å². The Bertz CT molecular complexity index is 1340. The number of alkyl halides is 3. The lowest BCUT2D eigenvalue weighted by atomic mass is 9.92. The number of nitrogens with one attached hydrogen (secondary N) is 3. The highest BCUT2D eigenvalue weighted by atomic mass is 19.4. The predicted octanol–water partition coefficient (Wildman–Crippen LogP) is 5.42. The average molecular weight is 602 g/mol. The minimum Gasteiger partial charge on any atom is -0.494 e. The number of halogens is 3. The van der Waals surface area contributed by atoms with Gasteiger partial charge < -0.3 is 30.3 Å². The van der Waals surface area contributed by atoms with Crippen molar-refractivity contribution in [3.8, 4) is 11.8 Å². The molecule has 6 bridgehead atoms. The smallest absolute Gasteiger partial charge is 0.422 e. The molecule has 0 atom stereocenters. The summed E-state index contributed by atoms with van der Waals surface area (Å²) in [6.45, 7) is 8.91. The van der Waals surface area contributed by atoms with Crippen LogP contribution in [-0.4, -0.2) is 71.3 Å². The number of benzene rings is 2. The zero-order valence-electron chi connectivity index (χ0n) is 24.6. The molecule has 0 unspecified atom stereocenters. The quantitative estimate of drug-likeness (QED) is 0.361. The van der Waals surface area contributed by atoms with Crippen LogP contribution in [0.5, 0.6) is 11.8 Å². The van der Waals surface area contributed by atoms with E-state index in [0.717, 1.165) is 43.8 Å². The average Bonchev–Trinajstić information content (AvgIpc) is 2.96. The van der Waals surface area contributed by atoms with E-state index in [1.807, 2.05) is 24.3 Å². The maximum absolute atomic E-state index is 12.9. The summed E-state index contributed by atoms with van der Waals surface area (Å²) in [6.07, 6.45) is -2.67. The zero-order chi connectivity index (χ0) is 30.9. The van der Waals surface area contributed by atoms with Gasteiger partial charge in [0.05, 0.1) is 6.61 Å². The summed E-state index contributed by atoms with van der Waals surface area (Å²) in [7, 11) is 0. The first-order valence-corrected chi connectivity index (χ1v) is 14.3. The number of carbonyl (C=O) groups is 1. The van der Waals surface area contributed by atoms with Crippen LogP contribution in [0.1, 0.15) is 49.5 Å². The lowest BCUT2D eigenvalue weighted by Gasteiger charge is -2.33. The van der Waals surface area contributed by atoms with Crippen molar-refractivity contribution in [2.45, 2.75) is 46.3 Å². The second-order valence-electron chi connectivity index (χ2n) is 11.2. The molecule has 0 saturated carbocycles. The van der Waals surface area contributed by atoms with E-state index in [1.54, 1.807) is 24.3 Å². The number of rotatable bonds is 4. The van der Waals surface area contributed by atoms with Crippen LogP contribution >= 0.6 is 0 Å². The standard InChI is InChI=1S/C30H38F3N7O3/c1-4-14-40-15-5-16-42-24-12-6-21(7-13-24)17-34-26-37-27(39-28(38-26)43-20-30(31,32)33)36-23-10-8-22(9-11-23)25(41)35-18-29(2,3)19-40/h6-13H,4-5,14-20H2,1-3H3,(H,35,41)(H2,34,36,37,38,39). The second-order valence-corrected chi connectivity index (χ2v) is 11.2. The Hall–Kier alpha value is -4.13. The van der Waals surface area contributed by atoms with Gasteiger partial charge in [-0.2, -0.15) is 28.1 Å². The van der Waals surface area contributed by atoms with E-state index < -0.39 is 18.8 Å². The molecule has 7 rings (SSSR count). The summed E-state index contributed by atoms with van der Waals surface area (Å²) in [5, 5.41) is 8.99. The summed E-state index contributed by atoms with van der Waals surface area (Å²) < 4.78 is 49.1. The topological polar surface area (TPSA) is 114 Å². The summed E-state index contributed by atoms with van der Waals surface area (Å²) in [5.74, 6) is 0.538. The van der Waals surface area contributed by atoms with Crippen LogP contribution in [0.2, 0.25) is 0 Å². The largest absolute Gasteiger partial charge is 0.494 e. The lowest BCUT2D eigenvalue weighted by molar-refractivity contribution is -0.154. The van der Waals surface area contributed by atoms with Crippen LogP contribution in [0.15, 0.2) is 48.5 Å². The maximum Gasteiger partial charge on any atom is 0.422 e. The molecule has 1 amide bonds. The molecule has 3 N–H and O–H groups in total. The van der Waals surface area contributed by atoms with E-state index in [2.05, 4.69) is 56.6 Å². The first-order valence-electron chi connectivity index (χ1n) is 14.3. The molecule has 43 heavy (non-hydrogen) atoms. The Morgan fingerprint density at radius 3 is 2.42 bits per heavy atom. The molecule has 4 aliphatic heterocycles. The van der Waals surface area contributed by atoms with E-state index in [1.165, 1.54) is 0 Å². The number of aromatic nitrogens is 3. The van der Waals surface area contributed by atoms with Crippen molar-refractivity contribution in [3.63, 3.8) is 0 Å². The first-order chi connectivity index (χ1) is 20.5. The van der Waals surface area contributed by atoms with E-state index in [0.29, 0.717) is 30.9 Å². The molecule has 4 aliphatic rings.